The third kappa shape index (κ3) is 4.57. The van der Waals surface area contributed by atoms with Gasteiger partial charge in [-0.3, -0.25) is 19.2 Å². The molecule has 0 aliphatic carbocycles. The maximum absolute atomic E-state index is 13.1. The Morgan fingerprint density at radius 1 is 1.23 bits per heavy atom. The number of hydrogen-bond donors (Lipinski definition) is 2. The van der Waals surface area contributed by atoms with Crippen LogP contribution in [0, 0.1) is 0 Å². The normalized spacial score (nSPS) is 24.9. The van der Waals surface area contributed by atoms with Crippen molar-refractivity contribution in [3.05, 3.63) is 35.9 Å². The van der Waals surface area contributed by atoms with E-state index in [0.717, 1.165) is 0 Å². The van der Waals surface area contributed by atoms with Crippen molar-refractivity contribution in [3.63, 3.8) is 0 Å². The van der Waals surface area contributed by atoms with Gasteiger partial charge >= 0.3 is 41.5 Å². The first kappa shape index (κ1) is 24.8. The Hall–Kier alpha value is -2.51. The fourth-order valence-corrected chi connectivity index (χ4v) is 3.08. The van der Waals surface area contributed by atoms with Crippen LogP contribution in [-0.2, 0) is 44.9 Å². The number of hydrogen-bond acceptors (Lipinski definition) is 10. The van der Waals surface area contributed by atoms with Gasteiger partial charge in [0.15, 0.2) is 0 Å². The first-order chi connectivity index (χ1) is 14.2. The molecular weight excluding hydrogens is 425 g/mol. The minimum atomic E-state index is -2.57. The van der Waals surface area contributed by atoms with Crippen LogP contribution in [0.5, 0.6) is 0 Å². The molecule has 160 valence electrons. The van der Waals surface area contributed by atoms with Crippen LogP contribution in [-0.4, -0.2) is 59.2 Å². The first-order valence-electron chi connectivity index (χ1n) is 8.88. The fraction of sp³-hybridized carbons (Fsp3) is 0.389. The number of hydroxylamine groups is 2. The molecule has 0 radical (unpaired) electrons. The van der Waals surface area contributed by atoms with Gasteiger partial charge in [0, 0.05) is 6.42 Å². The molecular formula is C18H18N3NaO9. The van der Waals surface area contributed by atoms with Crippen molar-refractivity contribution in [2.24, 2.45) is 5.73 Å². The van der Waals surface area contributed by atoms with E-state index in [1.54, 1.807) is 30.3 Å². The third-order valence-corrected chi connectivity index (χ3v) is 4.66. The Morgan fingerprint density at radius 2 is 1.90 bits per heavy atom. The van der Waals surface area contributed by atoms with Crippen molar-refractivity contribution in [3.8, 4) is 0 Å². The summed E-state index contributed by atoms with van der Waals surface area (Å²) in [4.78, 5) is 66.2. The summed E-state index contributed by atoms with van der Waals surface area (Å²) in [6, 6.07) is 8.50. The van der Waals surface area contributed by atoms with Gasteiger partial charge in [-0.2, -0.15) is 5.06 Å². The van der Waals surface area contributed by atoms with E-state index in [2.05, 4.69) is 5.32 Å². The third-order valence-electron chi connectivity index (χ3n) is 4.66. The van der Waals surface area contributed by atoms with Gasteiger partial charge in [-0.05, 0) is 5.56 Å². The van der Waals surface area contributed by atoms with Gasteiger partial charge in [0.05, 0.1) is 13.0 Å². The molecule has 2 atom stereocenters. The molecule has 13 heteroatoms. The average molecular weight is 443 g/mol. The van der Waals surface area contributed by atoms with Crippen molar-refractivity contribution in [2.75, 3.05) is 13.2 Å². The van der Waals surface area contributed by atoms with E-state index in [9.17, 15) is 29.1 Å². The quantitative estimate of drug-likeness (QED) is 0.234. The van der Waals surface area contributed by atoms with Crippen molar-refractivity contribution in [2.45, 2.75) is 30.7 Å². The first-order valence-corrected chi connectivity index (χ1v) is 8.88. The summed E-state index contributed by atoms with van der Waals surface area (Å²) in [5, 5.41) is 14.1. The summed E-state index contributed by atoms with van der Waals surface area (Å²) < 4.78 is 9.95. The number of carboxylic acid groups (broad SMARTS) is 1. The molecule has 12 nitrogen and oxygen atoms in total. The summed E-state index contributed by atoms with van der Waals surface area (Å²) in [5.74, 6) is -6.19. The van der Waals surface area contributed by atoms with Crippen LogP contribution in [0.25, 0.3) is 0 Å². The van der Waals surface area contributed by atoms with Crippen LogP contribution >= 0.6 is 0 Å². The number of rotatable bonds is 7. The van der Waals surface area contributed by atoms with Crippen molar-refractivity contribution in [1.82, 2.24) is 10.4 Å². The second kappa shape index (κ2) is 9.75. The van der Waals surface area contributed by atoms with Gasteiger partial charge in [-0.25, -0.2) is 4.79 Å². The van der Waals surface area contributed by atoms with E-state index >= 15 is 0 Å². The SMILES string of the molecule is NCC(=O)N[C@@]1(C(=O)OCc2ccccc2)CON(C2(C(=O)[O-])CCC(=O)O2)C1=O.[Na+]. The summed E-state index contributed by atoms with van der Waals surface area (Å²) in [6.07, 6.45) is -0.776. The zero-order chi connectivity index (χ0) is 21.9. The van der Waals surface area contributed by atoms with Crippen LogP contribution in [0.15, 0.2) is 30.3 Å². The maximum Gasteiger partial charge on any atom is 1.00 e. The number of aliphatic carboxylic acids is 1. The Morgan fingerprint density at radius 3 is 2.45 bits per heavy atom. The van der Waals surface area contributed by atoms with E-state index in [1.807, 2.05) is 0 Å². The number of esters is 2. The minimum absolute atomic E-state index is 0. The predicted octanol–water partition coefficient (Wildman–Crippen LogP) is -5.90. The number of cyclic esters (lactones) is 1. The van der Waals surface area contributed by atoms with Crippen LogP contribution in [0.4, 0.5) is 0 Å². The van der Waals surface area contributed by atoms with E-state index in [4.69, 9.17) is 20.0 Å². The summed E-state index contributed by atoms with van der Waals surface area (Å²) in [7, 11) is 0. The number of carbonyl (C=O) groups is 5. The number of ether oxygens (including phenoxy) is 2. The summed E-state index contributed by atoms with van der Waals surface area (Å²) in [5.41, 5.74) is 0.887. The van der Waals surface area contributed by atoms with E-state index in [1.165, 1.54) is 0 Å². The van der Waals surface area contributed by atoms with Crippen molar-refractivity contribution >= 4 is 29.7 Å². The molecule has 0 aromatic heterocycles. The van der Waals surface area contributed by atoms with Gasteiger partial charge in [-0.15, -0.1) is 0 Å². The van der Waals surface area contributed by atoms with Crippen LogP contribution in [0.1, 0.15) is 18.4 Å². The molecule has 31 heavy (non-hydrogen) atoms. The van der Waals surface area contributed by atoms with Crippen molar-refractivity contribution < 1.29 is 72.9 Å². The Kier molecular flexibility index (Phi) is 7.78. The van der Waals surface area contributed by atoms with Gasteiger partial charge in [-0.1, -0.05) is 30.3 Å². The van der Waals surface area contributed by atoms with Crippen LogP contribution in [0.3, 0.4) is 0 Å². The number of carboxylic acids is 1. The molecule has 0 bridgehead atoms. The number of nitrogens with one attached hydrogen (secondary N) is 1. The molecule has 2 amide bonds. The molecule has 2 aliphatic rings. The molecule has 2 saturated heterocycles. The molecule has 1 aromatic carbocycles. The second-order valence-electron chi connectivity index (χ2n) is 6.64. The van der Waals surface area contributed by atoms with E-state index in [0.29, 0.717) is 5.56 Å². The number of amides is 2. The number of nitrogens with zero attached hydrogens (tertiary/aromatic N) is 1. The molecule has 3 rings (SSSR count). The van der Waals surface area contributed by atoms with Crippen LogP contribution in [0.2, 0.25) is 0 Å². The molecule has 0 saturated carbocycles. The molecule has 1 aromatic rings. The standard InChI is InChI=1S/C18H19N3O9.Na/c19-8-12(22)20-17(16(27)28-9-11-4-2-1-3-5-11)10-29-21(14(17)24)18(15(25)26)7-6-13(23)30-18;/h1-5H,6-10,19H2,(H,20,22)(H,25,26);/q;+1/p-1/t17-,18?;/m0./s1. The monoisotopic (exact) mass is 443 g/mol. The smallest absolute Gasteiger partial charge is 0.544 e. The van der Waals surface area contributed by atoms with Gasteiger partial charge < -0.3 is 30.4 Å². The number of carbonyl (C=O) groups excluding carboxylic acids is 5. The molecule has 3 N–H and O–H groups in total. The van der Waals surface area contributed by atoms with E-state index in [-0.39, 0.29) is 47.6 Å². The number of benzene rings is 1. The molecule has 2 heterocycles. The fourth-order valence-electron chi connectivity index (χ4n) is 3.08. The van der Waals surface area contributed by atoms with E-state index < -0.39 is 60.6 Å². The summed E-state index contributed by atoms with van der Waals surface area (Å²) in [6.45, 7) is -1.59. The zero-order valence-corrected chi connectivity index (χ0v) is 18.6. The molecule has 1 unspecified atom stereocenters. The minimum Gasteiger partial charge on any atom is -0.544 e. The Labute approximate surface area is 198 Å². The average Bonchev–Trinajstić information content (AvgIpc) is 3.29. The van der Waals surface area contributed by atoms with Crippen molar-refractivity contribution in [1.29, 1.82) is 0 Å². The predicted molar refractivity (Wildman–Crippen MR) is 92.0 cm³/mol. The molecule has 2 fully saturated rings. The second-order valence-corrected chi connectivity index (χ2v) is 6.64. The topological polar surface area (TPSA) is 177 Å². The molecule has 0 spiro atoms. The number of nitrogens with two attached hydrogens (primary N) is 1. The largest absolute Gasteiger partial charge is 1.00 e. The molecule has 2 aliphatic heterocycles. The Balaban J connectivity index is 0.00000341. The summed E-state index contributed by atoms with van der Waals surface area (Å²) >= 11 is 0. The van der Waals surface area contributed by atoms with Gasteiger partial charge in [0.25, 0.3) is 11.6 Å². The van der Waals surface area contributed by atoms with Gasteiger partial charge in [0.1, 0.15) is 19.2 Å². The maximum atomic E-state index is 13.1. The van der Waals surface area contributed by atoms with Gasteiger partial charge in [0.2, 0.25) is 11.4 Å². The van der Waals surface area contributed by atoms with Crippen LogP contribution < -0.4 is 45.7 Å². The zero-order valence-electron chi connectivity index (χ0n) is 16.6. The Bertz CT molecular complexity index is 897.